The molecule has 84 valence electrons. The van der Waals surface area contributed by atoms with Gasteiger partial charge in [-0.3, -0.25) is 4.79 Å². The average molecular weight is 238 g/mol. The van der Waals surface area contributed by atoms with Crippen LogP contribution < -0.4 is 5.32 Å². The fraction of sp³-hybridized carbons (Fsp3) is 0.250. The maximum atomic E-state index is 11.7. The molecule has 0 saturated heterocycles. The van der Waals surface area contributed by atoms with Crippen molar-refractivity contribution < 1.29 is 9.53 Å². The van der Waals surface area contributed by atoms with Gasteiger partial charge in [0.05, 0.1) is 17.9 Å². The van der Waals surface area contributed by atoms with Crippen molar-refractivity contribution in [3.63, 3.8) is 0 Å². The van der Waals surface area contributed by atoms with Gasteiger partial charge in [-0.05, 0) is 32.0 Å². The van der Waals surface area contributed by atoms with E-state index >= 15 is 0 Å². The minimum absolute atomic E-state index is 0.0449. The van der Waals surface area contributed by atoms with Crippen LogP contribution in [0.1, 0.15) is 19.4 Å². The number of nitrogens with one attached hydrogen (secondary N) is 1. The third-order valence-corrected chi connectivity index (χ3v) is 2.46. The minimum Gasteiger partial charge on any atom is -0.498 e. The molecule has 0 aliphatic carbocycles. The summed E-state index contributed by atoms with van der Waals surface area (Å²) < 4.78 is 5.33. The van der Waals surface area contributed by atoms with E-state index in [4.69, 9.17) is 16.3 Å². The molecule has 2 rings (SSSR count). The lowest BCUT2D eigenvalue weighted by Crippen LogP contribution is -2.05. The van der Waals surface area contributed by atoms with Crippen LogP contribution in [0.15, 0.2) is 24.5 Å². The Morgan fingerprint density at radius 1 is 1.44 bits per heavy atom. The first-order valence-electron chi connectivity index (χ1n) is 5.05. The number of halogens is 1. The number of ether oxygens (including phenoxy) is 1. The molecule has 0 atom stereocenters. The van der Waals surface area contributed by atoms with Gasteiger partial charge in [0.25, 0.3) is 5.91 Å². The third kappa shape index (κ3) is 2.04. The van der Waals surface area contributed by atoms with E-state index in [9.17, 15) is 4.79 Å². The molecule has 3 nitrogen and oxygen atoms in total. The van der Waals surface area contributed by atoms with Crippen molar-refractivity contribution in [3.05, 3.63) is 35.0 Å². The van der Waals surface area contributed by atoms with Gasteiger partial charge in [-0.25, -0.2) is 0 Å². The second-order valence-corrected chi connectivity index (χ2v) is 4.30. The van der Waals surface area contributed by atoms with Gasteiger partial charge in [0.2, 0.25) is 0 Å². The highest BCUT2D eigenvalue weighted by Gasteiger charge is 2.24. The highest BCUT2D eigenvalue weighted by atomic mass is 35.5. The van der Waals surface area contributed by atoms with E-state index in [1.54, 1.807) is 18.2 Å². The van der Waals surface area contributed by atoms with Crippen molar-refractivity contribution in [1.29, 1.82) is 0 Å². The molecule has 4 heteroatoms. The molecule has 1 aromatic rings. The zero-order chi connectivity index (χ0) is 11.7. The molecule has 1 heterocycles. The van der Waals surface area contributed by atoms with Crippen LogP contribution in [0.2, 0.25) is 5.02 Å². The summed E-state index contributed by atoms with van der Waals surface area (Å²) in [5.74, 6) is -0.155. The fourth-order valence-corrected chi connectivity index (χ4v) is 1.65. The standard InChI is InChI=1S/C12H12ClNO2/c1-7(2)16-6-10-9-5-8(13)3-4-11(9)14-12(10)15/h3-7H,1-2H3,(H,14,15)/b10-6+. The molecule has 16 heavy (non-hydrogen) atoms. The lowest BCUT2D eigenvalue weighted by molar-refractivity contribution is -0.110. The second kappa shape index (κ2) is 4.18. The van der Waals surface area contributed by atoms with Gasteiger partial charge in [-0.1, -0.05) is 11.6 Å². The fourth-order valence-electron chi connectivity index (χ4n) is 1.48. The number of rotatable bonds is 2. The van der Waals surface area contributed by atoms with Crippen LogP contribution in [0.25, 0.3) is 5.57 Å². The van der Waals surface area contributed by atoms with Crippen LogP contribution >= 0.6 is 11.6 Å². The Balaban J connectivity index is 2.38. The number of benzene rings is 1. The first-order chi connectivity index (χ1) is 7.58. The summed E-state index contributed by atoms with van der Waals surface area (Å²) in [6.07, 6.45) is 1.53. The first kappa shape index (κ1) is 11.0. The van der Waals surface area contributed by atoms with Crippen molar-refractivity contribution >= 4 is 28.8 Å². The van der Waals surface area contributed by atoms with Gasteiger partial charge in [0, 0.05) is 16.3 Å². The van der Waals surface area contributed by atoms with Gasteiger partial charge in [0.15, 0.2) is 0 Å². The van der Waals surface area contributed by atoms with Crippen LogP contribution in [-0.2, 0) is 9.53 Å². The molecule has 0 bridgehead atoms. The van der Waals surface area contributed by atoms with E-state index in [1.807, 2.05) is 13.8 Å². The molecule has 1 amide bonds. The van der Waals surface area contributed by atoms with Gasteiger partial charge >= 0.3 is 0 Å². The summed E-state index contributed by atoms with van der Waals surface area (Å²) in [6, 6.07) is 5.28. The number of hydrogen-bond donors (Lipinski definition) is 1. The number of amides is 1. The quantitative estimate of drug-likeness (QED) is 0.634. The molecule has 1 aliphatic rings. The summed E-state index contributed by atoms with van der Waals surface area (Å²) in [7, 11) is 0. The predicted octanol–water partition coefficient (Wildman–Crippen LogP) is 3.06. The Bertz CT molecular complexity index is 466. The van der Waals surface area contributed by atoms with Gasteiger partial charge in [-0.2, -0.15) is 0 Å². The Morgan fingerprint density at radius 3 is 2.88 bits per heavy atom. The smallest absolute Gasteiger partial charge is 0.259 e. The van der Waals surface area contributed by atoms with E-state index < -0.39 is 0 Å². The second-order valence-electron chi connectivity index (χ2n) is 3.86. The van der Waals surface area contributed by atoms with E-state index in [0.717, 1.165) is 11.3 Å². The van der Waals surface area contributed by atoms with Crippen molar-refractivity contribution in [2.45, 2.75) is 20.0 Å². The number of hydrogen-bond acceptors (Lipinski definition) is 2. The van der Waals surface area contributed by atoms with Crippen LogP contribution in [0, 0.1) is 0 Å². The molecule has 0 radical (unpaired) electrons. The molecular weight excluding hydrogens is 226 g/mol. The summed E-state index contributed by atoms with van der Waals surface area (Å²) in [5, 5.41) is 3.36. The number of carbonyl (C=O) groups is 1. The Kier molecular flexibility index (Phi) is 2.88. The number of carbonyl (C=O) groups excluding carboxylic acids is 1. The number of fused-ring (bicyclic) bond motifs is 1. The van der Waals surface area contributed by atoms with E-state index in [2.05, 4.69) is 5.32 Å². The first-order valence-corrected chi connectivity index (χ1v) is 5.42. The zero-order valence-electron chi connectivity index (χ0n) is 9.08. The highest BCUT2D eigenvalue weighted by Crippen LogP contribution is 2.33. The molecule has 0 spiro atoms. The van der Waals surface area contributed by atoms with Crippen LogP contribution in [0.3, 0.4) is 0 Å². The van der Waals surface area contributed by atoms with Crippen molar-refractivity contribution in [3.8, 4) is 0 Å². The Morgan fingerprint density at radius 2 is 2.19 bits per heavy atom. The normalized spacial score (nSPS) is 16.5. The van der Waals surface area contributed by atoms with E-state index in [-0.39, 0.29) is 12.0 Å². The topological polar surface area (TPSA) is 38.3 Å². The highest BCUT2D eigenvalue weighted by molar-refractivity contribution is 6.34. The molecule has 0 fully saturated rings. The zero-order valence-corrected chi connectivity index (χ0v) is 9.84. The summed E-state index contributed by atoms with van der Waals surface area (Å²) in [5.41, 5.74) is 2.08. The SMILES string of the molecule is CC(C)O/C=C1/C(=O)Nc2ccc(Cl)cc21. The molecule has 0 saturated carbocycles. The maximum absolute atomic E-state index is 11.7. The Labute approximate surface area is 99.1 Å². The Hall–Kier alpha value is -1.48. The lowest BCUT2D eigenvalue weighted by atomic mass is 10.1. The number of anilines is 1. The minimum atomic E-state index is -0.155. The molecule has 1 aliphatic heterocycles. The summed E-state index contributed by atoms with van der Waals surface area (Å²) >= 11 is 5.89. The average Bonchev–Trinajstić information content (AvgIpc) is 2.51. The summed E-state index contributed by atoms with van der Waals surface area (Å²) in [4.78, 5) is 11.7. The molecule has 0 aromatic heterocycles. The largest absolute Gasteiger partial charge is 0.498 e. The molecule has 0 unspecified atom stereocenters. The van der Waals surface area contributed by atoms with Gasteiger partial charge in [0.1, 0.15) is 0 Å². The van der Waals surface area contributed by atoms with Crippen molar-refractivity contribution in [2.75, 3.05) is 5.32 Å². The lowest BCUT2D eigenvalue weighted by Gasteiger charge is -2.04. The van der Waals surface area contributed by atoms with Crippen LogP contribution in [-0.4, -0.2) is 12.0 Å². The predicted molar refractivity (Wildman–Crippen MR) is 64.3 cm³/mol. The third-order valence-electron chi connectivity index (χ3n) is 2.22. The van der Waals surface area contributed by atoms with Crippen molar-refractivity contribution in [2.24, 2.45) is 0 Å². The van der Waals surface area contributed by atoms with Crippen LogP contribution in [0.4, 0.5) is 5.69 Å². The molecular formula is C12H12ClNO2. The molecule has 1 N–H and O–H groups in total. The summed E-state index contributed by atoms with van der Waals surface area (Å²) in [6.45, 7) is 3.81. The van der Waals surface area contributed by atoms with Gasteiger partial charge in [-0.15, -0.1) is 0 Å². The van der Waals surface area contributed by atoms with Crippen LogP contribution in [0.5, 0.6) is 0 Å². The molecule has 1 aromatic carbocycles. The maximum Gasteiger partial charge on any atom is 0.259 e. The van der Waals surface area contributed by atoms with E-state index in [1.165, 1.54) is 6.26 Å². The van der Waals surface area contributed by atoms with Gasteiger partial charge < -0.3 is 10.1 Å². The monoisotopic (exact) mass is 237 g/mol. The van der Waals surface area contributed by atoms with Crippen molar-refractivity contribution in [1.82, 2.24) is 0 Å². The van der Waals surface area contributed by atoms with E-state index in [0.29, 0.717) is 10.6 Å².